The van der Waals surface area contributed by atoms with Gasteiger partial charge in [-0.1, -0.05) is 90.4 Å². The zero-order valence-corrected chi connectivity index (χ0v) is 48.6. The minimum absolute atomic E-state index is 0. The highest BCUT2D eigenvalue weighted by Crippen LogP contribution is 2.22. The molecule has 0 amide bonds. The zero-order valence-electron chi connectivity index (χ0n) is 48.6. The fraction of sp³-hybridized carbons (Fsp3) is 0.446. The third-order valence-corrected chi connectivity index (χ3v) is 13.0. The molecule has 0 saturated heterocycles. The second-order valence-corrected chi connectivity index (χ2v) is 19.5. The van der Waals surface area contributed by atoms with Gasteiger partial charge >= 0.3 is 0 Å². The number of aliphatic hydroxyl groups is 1. The van der Waals surface area contributed by atoms with Crippen LogP contribution >= 0.6 is 0 Å². The van der Waals surface area contributed by atoms with Crippen molar-refractivity contribution in [1.29, 1.82) is 0 Å². The Balaban J connectivity index is 0.000000295. The summed E-state index contributed by atoms with van der Waals surface area (Å²) in [6.07, 6.45) is 18.7. The molecule has 0 radical (unpaired) electrons. The highest BCUT2D eigenvalue weighted by molar-refractivity contribution is 5.56. The maximum absolute atomic E-state index is 8.88. The van der Waals surface area contributed by atoms with Gasteiger partial charge in [-0.3, -0.25) is 18.7 Å². The SMILES string of the molecule is C.C.C.C.CCn1cnc(-c2cc(C)nn2CCCO)c1.CCn1cnc(-c2cc(C)nn2CCCOC)c1.CCn1cnc(-c2cc(C)nn2CCCOCc2ccccc2)c1.Cc1cc(-c2cnc[nH]2)n(CCCOCc2ccccc2)n1. The Bertz CT molecular complexity index is 3310. The van der Waals surface area contributed by atoms with Crippen LogP contribution in [0, 0.1) is 27.7 Å². The lowest BCUT2D eigenvalue weighted by Gasteiger charge is -2.07. The molecular weight excluding hydrogens is 1070 g/mol. The van der Waals surface area contributed by atoms with Crippen LogP contribution in [0.15, 0.2) is 135 Å². The summed E-state index contributed by atoms with van der Waals surface area (Å²) in [7, 11) is 1.72. The summed E-state index contributed by atoms with van der Waals surface area (Å²) >= 11 is 0. The van der Waals surface area contributed by atoms with E-state index in [9.17, 15) is 0 Å². The van der Waals surface area contributed by atoms with Crippen molar-refractivity contribution in [2.45, 2.75) is 163 Å². The van der Waals surface area contributed by atoms with Crippen LogP contribution in [0.1, 0.15) is 110 Å². The monoisotopic (exact) mass is 1170 g/mol. The van der Waals surface area contributed by atoms with Gasteiger partial charge in [0, 0.05) is 97.9 Å². The van der Waals surface area contributed by atoms with Crippen LogP contribution in [0.4, 0.5) is 0 Å². The number of hydrogen-bond donors (Lipinski definition) is 2. The molecule has 2 N–H and O–H groups in total. The van der Waals surface area contributed by atoms with Gasteiger partial charge in [0.05, 0.1) is 96.0 Å². The van der Waals surface area contributed by atoms with E-state index in [0.717, 1.165) is 153 Å². The number of aromatic nitrogens is 16. The van der Waals surface area contributed by atoms with Crippen molar-refractivity contribution in [3.05, 3.63) is 169 Å². The number of nitrogens with zero attached hydrogens (tertiary/aromatic N) is 15. The average Bonchev–Trinajstić information content (AvgIpc) is 4.28. The lowest BCUT2D eigenvalue weighted by atomic mass is 10.2. The number of hydrogen-bond acceptors (Lipinski definition) is 12. The second kappa shape index (κ2) is 38.0. The van der Waals surface area contributed by atoms with Gasteiger partial charge in [-0.25, -0.2) is 19.9 Å². The van der Waals surface area contributed by atoms with Crippen molar-refractivity contribution in [2.24, 2.45) is 0 Å². The first-order chi connectivity index (χ1) is 39.6. The van der Waals surface area contributed by atoms with E-state index in [0.29, 0.717) is 19.6 Å². The topological polar surface area (TPSA) is 201 Å². The van der Waals surface area contributed by atoms with Gasteiger partial charge in [0.15, 0.2) is 0 Å². The molecule has 8 heterocycles. The van der Waals surface area contributed by atoms with Crippen molar-refractivity contribution in [3.8, 4) is 45.6 Å². The largest absolute Gasteiger partial charge is 0.396 e. The van der Waals surface area contributed by atoms with E-state index in [1.165, 1.54) is 11.1 Å². The summed E-state index contributed by atoms with van der Waals surface area (Å²) in [5.41, 5.74) is 14.6. The van der Waals surface area contributed by atoms with Crippen LogP contribution in [0.5, 0.6) is 0 Å². The number of H-pyrrole nitrogens is 1. The maximum atomic E-state index is 8.88. The molecule has 20 heteroatoms. The van der Waals surface area contributed by atoms with Crippen LogP contribution in [0.25, 0.3) is 45.6 Å². The van der Waals surface area contributed by atoms with Crippen LogP contribution < -0.4 is 0 Å². The third kappa shape index (κ3) is 22.2. The number of aryl methyl sites for hydroxylation is 11. The first-order valence-corrected chi connectivity index (χ1v) is 28.1. The van der Waals surface area contributed by atoms with Crippen molar-refractivity contribution in [3.63, 3.8) is 0 Å². The maximum Gasteiger partial charge on any atom is 0.106 e. The Kier molecular flexibility index (Phi) is 31.9. The first-order valence-electron chi connectivity index (χ1n) is 28.1. The number of aliphatic hydroxyl groups excluding tert-OH is 1. The van der Waals surface area contributed by atoms with E-state index >= 15 is 0 Å². The molecule has 0 unspecified atom stereocenters. The van der Waals surface area contributed by atoms with Crippen molar-refractivity contribution < 1.29 is 19.3 Å². The molecule has 0 aliphatic carbocycles. The van der Waals surface area contributed by atoms with E-state index in [1.807, 2.05) is 125 Å². The van der Waals surface area contributed by atoms with Crippen molar-refractivity contribution in [2.75, 3.05) is 33.5 Å². The summed E-state index contributed by atoms with van der Waals surface area (Å²) in [6.45, 7) is 24.0. The van der Waals surface area contributed by atoms with E-state index in [-0.39, 0.29) is 36.3 Å². The lowest BCUT2D eigenvalue weighted by Crippen LogP contribution is -2.06. The summed E-state index contributed by atoms with van der Waals surface area (Å²) in [5.74, 6) is 0. The van der Waals surface area contributed by atoms with Crippen molar-refractivity contribution >= 4 is 0 Å². The quantitative estimate of drug-likeness (QED) is 0.0487. The van der Waals surface area contributed by atoms with Gasteiger partial charge < -0.3 is 38.0 Å². The standard InChI is InChI=1S/C19H24N4O.C17H20N4O.C13H20N4O.C12H18N4O.4CH4/c1-3-22-13-18(20-15-22)19-12-16(2)21-23(19)10-7-11-24-14-17-8-5-4-6-9-17;1-14-10-17(16-11-18-13-19-16)21(20-14)8-5-9-22-12-15-6-3-2-4-7-15;1-4-16-9-12(14-10-16)13-8-11(2)15-17(13)6-5-7-18-3;1-3-15-8-11(13-9-15)12-7-10(2)14-16(12)5-4-6-17;;;;/h4-6,8-9,12-13,15H,3,7,10-11,14H2,1-2H3;2-4,6-7,10-11,13H,5,8-9,12H2,1H3,(H,18,19);8-10H,4-7H2,1-3H3;7-9,17H,3-6H2,1-2H3;4*1H4. The van der Waals surface area contributed by atoms with Gasteiger partial charge in [0.1, 0.15) is 17.1 Å². The molecule has 20 nitrogen and oxygen atoms in total. The first kappa shape index (κ1) is 71.2. The van der Waals surface area contributed by atoms with Gasteiger partial charge in [0.2, 0.25) is 0 Å². The van der Waals surface area contributed by atoms with Crippen LogP contribution in [-0.4, -0.2) is 116 Å². The number of aromatic amines is 1. The second-order valence-electron chi connectivity index (χ2n) is 19.5. The molecule has 0 saturated carbocycles. The van der Waals surface area contributed by atoms with E-state index in [2.05, 4.69) is 130 Å². The predicted molar refractivity (Wildman–Crippen MR) is 343 cm³/mol. The van der Waals surface area contributed by atoms with Crippen LogP contribution in [0.2, 0.25) is 0 Å². The minimum atomic E-state index is 0. The molecule has 0 aliphatic heterocycles. The summed E-state index contributed by atoms with van der Waals surface area (Å²) in [5, 5.41) is 26.9. The van der Waals surface area contributed by atoms with Gasteiger partial charge in [-0.15, -0.1) is 0 Å². The summed E-state index contributed by atoms with van der Waals surface area (Å²) < 4.78 is 30.7. The molecule has 2 aromatic carbocycles. The third-order valence-electron chi connectivity index (χ3n) is 13.0. The lowest BCUT2D eigenvalue weighted by molar-refractivity contribution is 0.115. The van der Waals surface area contributed by atoms with E-state index in [4.69, 9.17) is 19.3 Å². The molecule has 0 aliphatic rings. The molecule has 0 fully saturated rings. The fourth-order valence-electron chi connectivity index (χ4n) is 8.83. The molecule has 0 bridgehead atoms. The number of nitrogens with one attached hydrogen (secondary N) is 1. The summed E-state index contributed by atoms with van der Waals surface area (Å²) in [6, 6.07) is 28.7. The zero-order chi connectivity index (χ0) is 57.2. The molecule has 0 atom stereocenters. The normalized spacial score (nSPS) is 10.5. The molecule has 0 spiro atoms. The molecule has 10 aromatic rings. The van der Waals surface area contributed by atoms with E-state index < -0.39 is 0 Å². The Labute approximate surface area is 505 Å². The molecular formula is C65H98N16O4. The molecule has 10 rings (SSSR count). The number of imidazole rings is 4. The number of rotatable bonds is 26. The number of benzene rings is 2. The smallest absolute Gasteiger partial charge is 0.106 e. The molecule has 85 heavy (non-hydrogen) atoms. The molecule has 462 valence electrons. The number of methoxy groups -OCH3 is 1. The van der Waals surface area contributed by atoms with Crippen molar-refractivity contribution in [1.82, 2.24) is 77.7 Å². The van der Waals surface area contributed by atoms with Crippen LogP contribution in [-0.2, 0) is 73.2 Å². The fourth-order valence-corrected chi connectivity index (χ4v) is 8.83. The van der Waals surface area contributed by atoms with Gasteiger partial charge in [0.25, 0.3) is 0 Å². The van der Waals surface area contributed by atoms with Gasteiger partial charge in [-0.05, 0) is 110 Å². The summed E-state index contributed by atoms with van der Waals surface area (Å²) in [4.78, 5) is 20.5. The number of ether oxygens (including phenoxy) is 3. The Hall–Kier alpha value is -8.04. The predicted octanol–water partition coefficient (Wildman–Crippen LogP) is 13.0. The van der Waals surface area contributed by atoms with Gasteiger partial charge in [-0.2, -0.15) is 20.4 Å². The average molecular weight is 1170 g/mol. The highest BCUT2D eigenvalue weighted by Gasteiger charge is 2.14. The Morgan fingerprint density at radius 2 is 0.824 bits per heavy atom. The van der Waals surface area contributed by atoms with E-state index in [1.54, 1.807) is 13.4 Å². The van der Waals surface area contributed by atoms with Crippen LogP contribution in [0.3, 0.4) is 0 Å². The Morgan fingerprint density at radius 3 is 1.15 bits per heavy atom. The minimum Gasteiger partial charge on any atom is -0.396 e. The highest BCUT2D eigenvalue weighted by atomic mass is 16.5. The Morgan fingerprint density at radius 1 is 0.471 bits per heavy atom. The molecule has 8 aromatic heterocycles.